The Kier molecular flexibility index (Phi) is 5.01. The third-order valence-electron chi connectivity index (χ3n) is 2.66. The van der Waals surface area contributed by atoms with Gasteiger partial charge in [-0.15, -0.1) is 0 Å². The minimum atomic E-state index is 0.362. The molecule has 0 radical (unpaired) electrons. The van der Waals surface area contributed by atoms with Gasteiger partial charge in [0.25, 0.3) is 0 Å². The molecule has 0 fully saturated rings. The topological polar surface area (TPSA) is 12.0 Å². The van der Waals surface area contributed by atoms with E-state index < -0.39 is 0 Å². The summed E-state index contributed by atoms with van der Waals surface area (Å²) in [5.74, 6) is 0. The Morgan fingerprint density at radius 2 is 1.75 bits per heavy atom. The molecule has 1 atom stereocenters. The fraction of sp³-hybridized carbons (Fsp3) is 0.600. The molecule has 0 amide bonds. The molecule has 0 aliphatic heterocycles. The zero-order chi connectivity index (χ0) is 12.0. The summed E-state index contributed by atoms with van der Waals surface area (Å²) in [4.78, 5) is 0. The Balaban J connectivity index is 2.71. The highest BCUT2D eigenvalue weighted by atomic mass is 14.9. The molecular formula is C15H25N. The fourth-order valence-corrected chi connectivity index (χ4v) is 1.92. The van der Waals surface area contributed by atoms with Crippen LogP contribution in [0, 0.1) is 5.41 Å². The summed E-state index contributed by atoms with van der Waals surface area (Å²) in [7, 11) is 0. The smallest absolute Gasteiger partial charge is 0.0325 e. The van der Waals surface area contributed by atoms with E-state index >= 15 is 0 Å². The molecule has 1 rings (SSSR count). The van der Waals surface area contributed by atoms with Gasteiger partial charge >= 0.3 is 0 Å². The lowest BCUT2D eigenvalue weighted by atomic mass is 9.85. The van der Waals surface area contributed by atoms with Crippen LogP contribution >= 0.6 is 0 Å². The average molecular weight is 219 g/mol. The Bertz CT molecular complexity index is 284. The van der Waals surface area contributed by atoms with E-state index in [2.05, 4.69) is 63.3 Å². The van der Waals surface area contributed by atoms with Crippen LogP contribution in [0.1, 0.15) is 52.1 Å². The lowest BCUT2D eigenvalue weighted by Crippen LogP contribution is -2.26. The fourth-order valence-electron chi connectivity index (χ4n) is 1.92. The van der Waals surface area contributed by atoms with Gasteiger partial charge < -0.3 is 5.32 Å². The van der Waals surface area contributed by atoms with Crippen molar-refractivity contribution in [2.75, 3.05) is 6.54 Å². The molecule has 1 nitrogen and oxygen atoms in total. The molecule has 0 saturated heterocycles. The molecule has 0 aromatic heterocycles. The van der Waals surface area contributed by atoms with Crippen LogP contribution in [0.4, 0.5) is 0 Å². The summed E-state index contributed by atoms with van der Waals surface area (Å²) in [6.45, 7) is 10.2. The molecule has 1 unspecified atom stereocenters. The minimum Gasteiger partial charge on any atom is -0.310 e. The second-order valence-electron chi connectivity index (χ2n) is 5.68. The average Bonchev–Trinajstić information content (AvgIpc) is 2.24. The molecule has 1 aromatic carbocycles. The molecule has 90 valence electrons. The molecule has 1 N–H and O–H groups in total. The van der Waals surface area contributed by atoms with E-state index in [1.54, 1.807) is 0 Å². The zero-order valence-electron chi connectivity index (χ0n) is 11.1. The molecule has 1 aromatic rings. The molecule has 0 spiro atoms. The van der Waals surface area contributed by atoms with Crippen molar-refractivity contribution >= 4 is 0 Å². The molecule has 0 heterocycles. The Morgan fingerprint density at radius 1 is 1.12 bits per heavy atom. The van der Waals surface area contributed by atoms with Gasteiger partial charge in [-0.3, -0.25) is 0 Å². The van der Waals surface area contributed by atoms with Crippen molar-refractivity contribution in [3.05, 3.63) is 35.9 Å². The number of benzene rings is 1. The second kappa shape index (κ2) is 6.05. The van der Waals surface area contributed by atoms with Crippen LogP contribution in [0.3, 0.4) is 0 Å². The highest BCUT2D eigenvalue weighted by Gasteiger charge is 2.19. The van der Waals surface area contributed by atoms with Crippen LogP contribution in [-0.4, -0.2) is 6.54 Å². The first-order valence-corrected chi connectivity index (χ1v) is 6.31. The minimum absolute atomic E-state index is 0.362. The van der Waals surface area contributed by atoms with Crippen LogP contribution in [0.2, 0.25) is 0 Å². The molecule has 1 heteroatoms. The van der Waals surface area contributed by atoms with E-state index in [1.165, 1.54) is 18.4 Å². The van der Waals surface area contributed by atoms with E-state index in [4.69, 9.17) is 0 Å². The Hall–Kier alpha value is -0.820. The van der Waals surface area contributed by atoms with Crippen molar-refractivity contribution in [2.45, 2.75) is 46.6 Å². The third kappa shape index (κ3) is 4.80. The van der Waals surface area contributed by atoms with Gasteiger partial charge in [0.15, 0.2) is 0 Å². The van der Waals surface area contributed by atoms with E-state index in [9.17, 15) is 0 Å². The van der Waals surface area contributed by atoms with Crippen molar-refractivity contribution in [3.8, 4) is 0 Å². The van der Waals surface area contributed by atoms with Gasteiger partial charge in [-0.1, -0.05) is 58.0 Å². The van der Waals surface area contributed by atoms with E-state index in [-0.39, 0.29) is 0 Å². The van der Waals surface area contributed by atoms with Crippen molar-refractivity contribution < 1.29 is 0 Å². The first-order chi connectivity index (χ1) is 7.53. The number of rotatable bonds is 5. The summed E-state index contributed by atoms with van der Waals surface area (Å²) < 4.78 is 0. The molecule has 0 aliphatic carbocycles. The lowest BCUT2D eigenvalue weighted by molar-refractivity contribution is 0.311. The molecule has 0 saturated carbocycles. The lowest BCUT2D eigenvalue weighted by Gasteiger charge is -2.27. The van der Waals surface area contributed by atoms with Crippen molar-refractivity contribution in [1.29, 1.82) is 0 Å². The maximum Gasteiger partial charge on any atom is 0.0325 e. The largest absolute Gasteiger partial charge is 0.310 e. The number of hydrogen-bond donors (Lipinski definition) is 1. The normalized spacial score (nSPS) is 13.8. The summed E-state index contributed by atoms with van der Waals surface area (Å²) in [5.41, 5.74) is 1.77. The standard InChI is InChI=1S/C15H25N/c1-5-11-16-14(12-15(2,3)4)13-9-7-6-8-10-13/h6-10,14,16H,5,11-12H2,1-4H3. The first-order valence-electron chi connectivity index (χ1n) is 6.31. The highest BCUT2D eigenvalue weighted by molar-refractivity contribution is 5.19. The van der Waals surface area contributed by atoms with E-state index in [1.807, 2.05) is 0 Å². The first kappa shape index (κ1) is 13.2. The van der Waals surface area contributed by atoms with Crippen LogP contribution in [0.5, 0.6) is 0 Å². The van der Waals surface area contributed by atoms with E-state index in [0.717, 1.165) is 6.54 Å². The molecule has 16 heavy (non-hydrogen) atoms. The van der Waals surface area contributed by atoms with Gasteiger partial charge in [-0.05, 0) is 30.4 Å². The quantitative estimate of drug-likeness (QED) is 0.784. The van der Waals surface area contributed by atoms with E-state index in [0.29, 0.717) is 11.5 Å². The second-order valence-corrected chi connectivity index (χ2v) is 5.68. The van der Waals surface area contributed by atoms with Crippen molar-refractivity contribution in [2.24, 2.45) is 5.41 Å². The van der Waals surface area contributed by atoms with Gasteiger partial charge in [-0.25, -0.2) is 0 Å². The SMILES string of the molecule is CCCNC(CC(C)(C)C)c1ccccc1. The maximum atomic E-state index is 3.64. The summed E-state index contributed by atoms with van der Waals surface area (Å²) in [6.07, 6.45) is 2.37. The number of nitrogens with one attached hydrogen (secondary N) is 1. The summed E-state index contributed by atoms with van der Waals surface area (Å²) in [6, 6.07) is 11.3. The van der Waals surface area contributed by atoms with Crippen LogP contribution < -0.4 is 5.32 Å². The summed E-state index contributed by atoms with van der Waals surface area (Å²) in [5, 5.41) is 3.64. The van der Waals surface area contributed by atoms with Gasteiger partial charge in [0.1, 0.15) is 0 Å². The van der Waals surface area contributed by atoms with Crippen LogP contribution in [0.25, 0.3) is 0 Å². The highest BCUT2D eigenvalue weighted by Crippen LogP contribution is 2.29. The molecule has 0 aliphatic rings. The zero-order valence-corrected chi connectivity index (χ0v) is 11.1. The van der Waals surface area contributed by atoms with Gasteiger partial charge in [0.05, 0.1) is 0 Å². The van der Waals surface area contributed by atoms with Crippen molar-refractivity contribution in [3.63, 3.8) is 0 Å². The van der Waals surface area contributed by atoms with Crippen LogP contribution in [-0.2, 0) is 0 Å². The van der Waals surface area contributed by atoms with Gasteiger partial charge in [0.2, 0.25) is 0 Å². The third-order valence-corrected chi connectivity index (χ3v) is 2.66. The monoisotopic (exact) mass is 219 g/mol. The Labute approximate surface area is 100 Å². The van der Waals surface area contributed by atoms with Gasteiger partial charge in [-0.2, -0.15) is 0 Å². The van der Waals surface area contributed by atoms with Crippen molar-refractivity contribution in [1.82, 2.24) is 5.32 Å². The van der Waals surface area contributed by atoms with Gasteiger partial charge in [0, 0.05) is 6.04 Å². The van der Waals surface area contributed by atoms with Crippen LogP contribution in [0.15, 0.2) is 30.3 Å². The predicted octanol–water partition coefficient (Wildman–Crippen LogP) is 4.16. The summed E-state index contributed by atoms with van der Waals surface area (Å²) >= 11 is 0. The maximum absolute atomic E-state index is 3.64. The Morgan fingerprint density at radius 3 is 2.25 bits per heavy atom. The predicted molar refractivity (Wildman–Crippen MR) is 71.5 cm³/mol. The number of hydrogen-bond acceptors (Lipinski definition) is 1. The molecule has 0 bridgehead atoms. The molecular weight excluding hydrogens is 194 g/mol.